The first-order valence-corrected chi connectivity index (χ1v) is 7.27. The van der Waals surface area contributed by atoms with Gasteiger partial charge in [0.25, 0.3) is 0 Å². The van der Waals surface area contributed by atoms with Crippen LogP contribution in [0.25, 0.3) is 22.5 Å². The monoisotopic (exact) mass is 319 g/mol. The first-order chi connectivity index (χ1) is 11.7. The molecule has 0 fully saturated rings. The standard InChI is InChI=1S/C17H13N5O2/c1-2-24-17(23)16-15(20-22-21-16)13-6-4-12(5-7-13)14-8-3-11(9-18)10-19-14/h3-8,10H,2H2,1H3,(H,20,21,22). The molecule has 1 N–H and O–H groups in total. The van der Waals surface area contributed by atoms with Gasteiger partial charge in [0.05, 0.1) is 17.9 Å². The van der Waals surface area contributed by atoms with Crippen LogP contribution in [0.3, 0.4) is 0 Å². The number of hydrogen-bond acceptors (Lipinski definition) is 6. The summed E-state index contributed by atoms with van der Waals surface area (Å²) < 4.78 is 4.97. The van der Waals surface area contributed by atoms with Crippen LogP contribution >= 0.6 is 0 Å². The third kappa shape index (κ3) is 2.98. The van der Waals surface area contributed by atoms with E-state index in [4.69, 9.17) is 10.00 Å². The molecule has 0 radical (unpaired) electrons. The molecule has 7 heteroatoms. The largest absolute Gasteiger partial charge is 0.461 e. The van der Waals surface area contributed by atoms with E-state index in [1.54, 1.807) is 19.1 Å². The summed E-state index contributed by atoms with van der Waals surface area (Å²) in [6, 6.07) is 12.9. The van der Waals surface area contributed by atoms with Crippen molar-refractivity contribution < 1.29 is 9.53 Å². The number of esters is 1. The van der Waals surface area contributed by atoms with E-state index in [0.717, 1.165) is 16.8 Å². The second kappa shape index (κ2) is 6.71. The van der Waals surface area contributed by atoms with Crippen LogP contribution in [-0.4, -0.2) is 33.0 Å². The minimum absolute atomic E-state index is 0.154. The summed E-state index contributed by atoms with van der Waals surface area (Å²) in [5.74, 6) is -0.515. The Morgan fingerprint density at radius 2 is 1.92 bits per heavy atom. The van der Waals surface area contributed by atoms with E-state index in [2.05, 4.69) is 20.4 Å². The molecule has 0 spiro atoms. The molecule has 24 heavy (non-hydrogen) atoms. The Morgan fingerprint density at radius 3 is 2.54 bits per heavy atom. The number of H-pyrrole nitrogens is 1. The molecule has 1 aromatic carbocycles. The Morgan fingerprint density at radius 1 is 1.17 bits per heavy atom. The van der Waals surface area contributed by atoms with E-state index < -0.39 is 5.97 Å². The van der Waals surface area contributed by atoms with Crippen molar-refractivity contribution in [1.82, 2.24) is 20.4 Å². The lowest BCUT2D eigenvalue weighted by atomic mass is 10.1. The lowest BCUT2D eigenvalue weighted by molar-refractivity contribution is 0.0520. The van der Waals surface area contributed by atoms with Crippen LogP contribution in [0.4, 0.5) is 0 Å². The highest BCUT2D eigenvalue weighted by molar-refractivity contribution is 5.94. The molecular formula is C17H13N5O2. The molecule has 0 saturated heterocycles. The molecule has 2 heterocycles. The maximum Gasteiger partial charge on any atom is 0.361 e. The number of hydrogen-bond donors (Lipinski definition) is 1. The van der Waals surface area contributed by atoms with Gasteiger partial charge in [0, 0.05) is 17.3 Å². The summed E-state index contributed by atoms with van der Waals surface area (Å²) in [6.45, 7) is 2.01. The Bertz CT molecular complexity index is 892. The summed E-state index contributed by atoms with van der Waals surface area (Å²) in [4.78, 5) is 16.1. The van der Waals surface area contributed by atoms with Gasteiger partial charge < -0.3 is 4.74 Å². The fraction of sp³-hybridized carbons (Fsp3) is 0.118. The summed E-state index contributed by atoms with van der Waals surface area (Å²) in [5, 5.41) is 19.1. The molecule has 7 nitrogen and oxygen atoms in total. The molecule has 3 aromatic rings. The highest BCUT2D eigenvalue weighted by Crippen LogP contribution is 2.24. The van der Waals surface area contributed by atoms with Crippen molar-refractivity contribution in [3.63, 3.8) is 0 Å². The maximum absolute atomic E-state index is 11.9. The van der Waals surface area contributed by atoms with E-state index in [1.165, 1.54) is 6.20 Å². The average Bonchev–Trinajstić information content (AvgIpc) is 3.12. The Labute approximate surface area is 137 Å². The molecule has 3 rings (SSSR count). The zero-order valence-corrected chi connectivity index (χ0v) is 12.9. The van der Waals surface area contributed by atoms with Crippen molar-refractivity contribution >= 4 is 5.97 Å². The number of rotatable bonds is 4. The highest BCUT2D eigenvalue weighted by atomic mass is 16.5. The van der Waals surface area contributed by atoms with Gasteiger partial charge in [0.15, 0.2) is 5.69 Å². The predicted octanol–water partition coefficient (Wildman–Crippen LogP) is 2.58. The van der Waals surface area contributed by atoms with Crippen LogP contribution < -0.4 is 0 Å². The average molecular weight is 319 g/mol. The summed E-state index contributed by atoms with van der Waals surface area (Å²) in [5.41, 5.74) is 3.49. The molecule has 118 valence electrons. The number of aromatic amines is 1. The minimum Gasteiger partial charge on any atom is -0.461 e. The number of nitriles is 1. The first-order valence-electron chi connectivity index (χ1n) is 7.27. The number of nitrogens with zero attached hydrogens (tertiary/aromatic N) is 4. The van der Waals surface area contributed by atoms with Gasteiger partial charge in [-0.1, -0.05) is 24.3 Å². The van der Waals surface area contributed by atoms with Crippen molar-refractivity contribution in [2.75, 3.05) is 6.61 Å². The molecule has 0 aliphatic rings. The third-order valence-corrected chi connectivity index (χ3v) is 3.36. The maximum atomic E-state index is 11.9. The zero-order valence-electron chi connectivity index (χ0n) is 12.9. The fourth-order valence-electron chi connectivity index (χ4n) is 2.20. The number of pyridine rings is 1. The molecule has 0 bridgehead atoms. The number of ether oxygens (including phenoxy) is 1. The fourth-order valence-corrected chi connectivity index (χ4v) is 2.20. The lowest BCUT2D eigenvalue weighted by Gasteiger charge is -2.04. The molecule has 0 saturated carbocycles. The van der Waals surface area contributed by atoms with Gasteiger partial charge in [-0.2, -0.15) is 15.6 Å². The molecule has 2 aromatic heterocycles. The van der Waals surface area contributed by atoms with Crippen molar-refractivity contribution in [2.45, 2.75) is 6.92 Å². The van der Waals surface area contributed by atoms with E-state index in [1.807, 2.05) is 30.3 Å². The van der Waals surface area contributed by atoms with Crippen LogP contribution in [0.2, 0.25) is 0 Å². The van der Waals surface area contributed by atoms with Crippen molar-refractivity contribution in [1.29, 1.82) is 5.26 Å². The van der Waals surface area contributed by atoms with Gasteiger partial charge in [0.2, 0.25) is 0 Å². The predicted molar refractivity (Wildman–Crippen MR) is 85.7 cm³/mol. The third-order valence-electron chi connectivity index (χ3n) is 3.36. The number of nitrogens with one attached hydrogen (secondary N) is 1. The number of benzene rings is 1. The van der Waals surface area contributed by atoms with Gasteiger partial charge in [-0.3, -0.25) is 4.98 Å². The van der Waals surface area contributed by atoms with Crippen molar-refractivity contribution in [3.8, 4) is 28.6 Å². The van der Waals surface area contributed by atoms with E-state index in [-0.39, 0.29) is 12.3 Å². The SMILES string of the molecule is CCOC(=O)c1n[nH]nc1-c1ccc(-c2ccc(C#N)cn2)cc1. The second-order valence-corrected chi connectivity index (χ2v) is 4.86. The Balaban J connectivity index is 1.89. The number of carbonyl (C=O) groups excluding carboxylic acids is 1. The van der Waals surface area contributed by atoms with Crippen molar-refractivity contribution in [2.24, 2.45) is 0 Å². The molecule has 0 aliphatic heterocycles. The van der Waals surface area contributed by atoms with E-state index in [0.29, 0.717) is 11.3 Å². The van der Waals surface area contributed by atoms with Crippen LogP contribution in [0.15, 0.2) is 42.6 Å². The minimum atomic E-state index is -0.515. The topological polar surface area (TPSA) is 105 Å². The van der Waals surface area contributed by atoms with Crippen LogP contribution in [0.5, 0.6) is 0 Å². The second-order valence-electron chi connectivity index (χ2n) is 4.86. The summed E-state index contributed by atoms with van der Waals surface area (Å²) >= 11 is 0. The zero-order chi connectivity index (χ0) is 16.9. The first kappa shape index (κ1) is 15.4. The Hall–Kier alpha value is -3.53. The van der Waals surface area contributed by atoms with E-state index in [9.17, 15) is 4.79 Å². The molecule has 0 aliphatic carbocycles. The number of aromatic nitrogens is 4. The summed E-state index contributed by atoms with van der Waals surface area (Å²) in [7, 11) is 0. The molecule has 0 atom stereocenters. The van der Waals surface area contributed by atoms with Crippen LogP contribution in [-0.2, 0) is 4.74 Å². The van der Waals surface area contributed by atoms with Gasteiger partial charge in [-0.05, 0) is 19.1 Å². The Kier molecular flexibility index (Phi) is 4.29. The quantitative estimate of drug-likeness (QED) is 0.741. The van der Waals surface area contributed by atoms with Crippen molar-refractivity contribution in [3.05, 3.63) is 53.9 Å². The molecule has 0 unspecified atom stereocenters. The molecular weight excluding hydrogens is 306 g/mol. The van der Waals surface area contributed by atoms with Crippen LogP contribution in [0.1, 0.15) is 23.0 Å². The smallest absolute Gasteiger partial charge is 0.361 e. The van der Waals surface area contributed by atoms with Gasteiger partial charge in [-0.15, -0.1) is 5.10 Å². The summed E-state index contributed by atoms with van der Waals surface area (Å²) in [6.07, 6.45) is 1.53. The van der Waals surface area contributed by atoms with Crippen LogP contribution in [0, 0.1) is 11.3 Å². The number of carbonyl (C=O) groups is 1. The normalized spacial score (nSPS) is 10.2. The molecule has 0 amide bonds. The van der Waals surface area contributed by atoms with Gasteiger partial charge >= 0.3 is 5.97 Å². The van der Waals surface area contributed by atoms with Gasteiger partial charge in [-0.25, -0.2) is 4.79 Å². The lowest BCUT2D eigenvalue weighted by Crippen LogP contribution is -2.06. The highest BCUT2D eigenvalue weighted by Gasteiger charge is 2.18. The van der Waals surface area contributed by atoms with E-state index >= 15 is 0 Å². The van der Waals surface area contributed by atoms with Gasteiger partial charge in [0.1, 0.15) is 11.8 Å².